The Morgan fingerprint density at radius 1 is 1.58 bits per heavy atom. The fraction of sp³-hybridized carbons (Fsp3) is 0.125. The minimum absolute atomic E-state index is 0.0206. The van der Waals surface area contributed by atoms with Gasteiger partial charge in [-0.05, 0) is 35.0 Å². The molecule has 1 rings (SSSR count). The largest absolute Gasteiger partial charge is 0.507 e. The number of aromatic hydroxyl groups is 1. The first-order valence-electron chi connectivity index (χ1n) is 3.21. The molecular formula is C8H6BrClO2. The molecule has 0 radical (unpaired) electrons. The lowest BCUT2D eigenvalue weighted by Crippen LogP contribution is -1.93. The quantitative estimate of drug-likeness (QED) is 0.777. The summed E-state index contributed by atoms with van der Waals surface area (Å²) in [5, 5.41) is 9.59. The summed E-state index contributed by atoms with van der Waals surface area (Å²) in [4.78, 5) is 11.0. The topological polar surface area (TPSA) is 37.3 Å². The molecule has 0 fully saturated rings. The van der Waals surface area contributed by atoms with E-state index in [-0.39, 0.29) is 11.5 Å². The third kappa shape index (κ3) is 1.79. The van der Waals surface area contributed by atoms with Crippen molar-refractivity contribution in [1.29, 1.82) is 0 Å². The molecule has 0 heterocycles. The number of Topliss-reactive ketones (excluding diaryl/α,β-unsaturated/α-hetero) is 1. The van der Waals surface area contributed by atoms with Crippen molar-refractivity contribution in [3.05, 3.63) is 27.2 Å². The highest BCUT2D eigenvalue weighted by atomic mass is 79.9. The van der Waals surface area contributed by atoms with Crippen LogP contribution in [0.1, 0.15) is 17.3 Å². The molecule has 64 valence electrons. The lowest BCUT2D eigenvalue weighted by Gasteiger charge is -2.02. The van der Waals surface area contributed by atoms with Gasteiger partial charge in [-0.3, -0.25) is 4.79 Å². The van der Waals surface area contributed by atoms with Gasteiger partial charge in [-0.25, -0.2) is 0 Å². The molecule has 0 aromatic heterocycles. The van der Waals surface area contributed by atoms with E-state index in [1.807, 2.05) is 0 Å². The summed E-state index contributed by atoms with van der Waals surface area (Å²) < 4.78 is 0.388. The molecule has 0 unspecified atom stereocenters. The van der Waals surface area contributed by atoms with E-state index in [9.17, 15) is 9.90 Å². The average Bonchev–Trinajstić information content (AvgIpc) is 1.96. The van der Waals surface area contributed by atoms with E-state index in [1.165, 1.54) is 19.1 Å². The highest BCUT2D eigenvalue weighted by Crippen LogP contribution is 2.31. The van der Waals surface area contributed by atoms with Crippen LogP contribution in [0.5, 0.6) is 5.75 Å². The van der Waals surface area contributed by atoms with E-state index in [2.05, 4.69) is 15.9 Å². The molecule has 2 nitrogen and oxygen atoms in total. The second-order valence-electron chi connectivity index (χ2n) is 2.34. The van der Waals surface area contributed by atoms with E-state index in [0.29, 0.717) is 15.1 Å². The summed E-state index contributed by atoms with van der Waals surface area (Å²) in [7, 11) is 0. The molecule has 0 spiro atoms. The van der Waals surface area contributed by atoms with Gasteiger partial charge in [-0.1, -0.05) is 11.6 Å². The van der Waals surface area contributed by atoms with Crippen LogP contribution < -0.4 is 0 Å². The molecule has 1 N–H and O–H groups in total. The summed E-state index contributed by atoms with van der Waals surface area (Å²) in [6.07, 6.45) is 0. The minimum Gasteiger partial charge on any atom is -0.507 e. The van der Waals surface area contributed by atoms with E-state index in [0.717, 1.165) is 0 Å². The first-order valence-corrected chi connectivity index (χ1v) is 4.38. The molecule has 0 aliphatic rings. The van der Waals surface area contributed by atoms with Gasteiger partial charge in [-0.15, -0.1) is 0 Å². The van der Waals surface area contributed by atoms with Gasteiger partial charge in [0.15, 0.2) is 5.78 Å². The van der Waals surface area contributed by atoms with Crippen molar-refractivity contribution >= 4 is 33.3 Å². The third-order valence-corrected chi connectivity index (χ3v) is 2.45. The Bertz CT molecular complexity index is 336. The zero-order valence-corrected chi connectivity index (χ0v) is 8.61. The number of phenols is 1. The van der Waals surface area contributed by atoms with Crippen molar-refractivity contribution in [2.75, 3.05) is 0 Å². The van der Waals surface area contributed by atoms with Gasteiger partial charge in [-0.2, -0.15) is 0 Å². The zero-order chi connectivity index (χ0) is 9.30. The number of ketones is 1. The maximum atomic E-state index is 11.0. The SMILES string of the molecule is CC(=O)c1cc(Cl)cc(O)c1Br. The maximum Gasteiger partial charge on any atom is 0.161 e. The predicted molar refractivity (Wildman–Crippen MR) is 50.8 cm³/mol. The van der Waals surface area contributed by atoms with Crippen molar-refractivity contribution in [3.8, 4) is 5.75 Å². The first kappa shape index (κ1) is 9.55. The number of phenolic OH excluding ortho intramolecular Hbond substituents is 1. The number of hydrogen-bond donors (Lipinski definition) is 1. The number of carbonyl (C=O) groups excluding carboxylic acids is 1. The first-order chi connectivity index (χ1) is 5.52. The van der Waals surface area contributed by atoms with Crippen molar-refractivity contribution in [2.45, 2.75) is 6.92 Å². The van der Waals surface area contributed by atoms with Gasteiger partial charge in [0.05, 0.1) is 4.47 Å². The van der Waals surface area contributed by atoms with Crippen LogP contribution in [0.2, 0.25) is 5.02 Å². The summed E-state index contributed by atoms with van der Waals surface area (Å²) in [6.45, 7) is 1.41. The van der Waals surface area contributed by atoms with Crippen molar-refractivity contribution in [2.24, 2.45) is 0 Å². The summed E-state index contributed by atoms with van der Waals surface area (Å²) in [5.74, 6) is -0.160. The van der Waals surface area contributed by atoms with E-state index in [4.69, 9.17) is 11.6 Å². The second-order valence-corrected chi connectivity index (χ2v) is 3.57. The molecule has 4 heteroatoms. The van der Waals surface area contributed by atoms with E-state index < -0.39 is 0 Å². The number of hydrogen-bond acceptors (Lipinski definition) is 2. The van der Waals surface area contributed by atoms with Crippen LogP contribution in [0.4, 0.5) is 0 Å². The number of carbonyl (C=O) groups is 1. The molecule has 1 aromatic rings. The molecule has 0 aliphatic carbocycles. The number of benzene rings is 1. The molecule has 0 atom stereocenters. The summed E-state index contributed by atoms with van der Waals surface area (Å²) in [6, 6.07) is 2.88. The van der Waals surface area contributed by atoms with Crippen LogP contribution in [-0.4, -0.2) is 10.9 Å². The summed E-state index contributed by atoms with van der Waals surface area (Å²) in [5.41, 5.74) is 0.389. The molecule has 0 aliphatic heterocycles. The zero-order valence-electron chi connectivity index (χ0n) is 6.27. The lowest BCUT2D eigenvalue weighted by molar-refractivity contribution is 0.101. The van der Waals surface area contributed by atoms with Crippen molar-refractivity contribution in [3.63, 3.8) is 0 Å². The highest BCUT2D eigenvalue weighted by molar-refractivity contribution is 9.10. The third-order valence-electron chi connectivity index (χ3n) is 1.40. The van der Waals surface area contributed by atoms with E-state index in [1.54, 1.807) is 0 Å². The highest BCUT2D eigenvalue weighted by Gasteiger charge is 2.10. The maximum absolute atomic E-state index is 11.0. The Hall–Kier alpha value is -0.540. The van der Waals surface area contributed by atoms with Crippen molar-refractivity contribution < 1.29 is 9.90 Å². The number of halogens is 2. The Labute approximate surface area is 83.3 Å². The van der Waals surface area contributed by atoms with Gasteiger partial charge in [0.1, 0.15) is 5.75 Å². The molecule has 1 aromatic carbocycles. The van der Waals surface area contributed by atoms with Crippen LogP contribution in [-0.2, 0) is 0 Å². The normalized spacial score (nSPS) is 9.92. The average molecular weight is 249 g/mol. The van der Waals surface area contributed by atoms with Crippen LogP contribution in [0.25, 0.3) is 0 Å². The molecule has 0 saturated carbocycles. The lowest BCUT2D eigenvalue weighted by atomic mass is 10.1. The Kier molecular flexibility index (Phi) is 2.75. The van der Waals surface area contributed by atoms with Gasteiger partial charge < -0.3 is 5.11 Å². The van der Waals surface area contributed by atoms with Crippen LogP contribution in [0.15, 0.2) is 16.6 Å². The second kappa shape index (κ2) is 3.46. The molecule has 0 bridgehead atoms. The van der Waals surface area contributed by atoms with Crippen LogP contribution >= 0.6 is 27.5 Å². The van der Waals surface area contributed by atoms with Gasteiger partial charge in [0, 0.05) is 10.6 Å². The van der Waals surface area contributed by atoms with Crippen molar-refractivity contribution in [1.82, 2.24) is 0 Å². The summed E-state index contributed by atoms with van der Waals surface area (Å²) >= 11 is 8.72. The Morgan fingerprint density at radius 3 is 2.67 bits per heavy atom. The van der Waals surface area contributed by atoms with Gasteiger partial charge >= 0.3 is 0 Å². The fourth-order valence-corrected chi connectivity index (χ4v) is 1.55. The van der Waals surface area contributed by atoms with Crippen LogP contribution in [0.3, 0.4) is 0 Å². The minimum atomic E-state index is -0.139. The monoisotopic (exact) mass is 248 g/mol. The van der Waals surface area contributed by atoms with E-state index >= 15 is 0 Å². The predicted octanol–water partition coefficient (Wildman–Crippen LogP) is 3.01. The molecule has 0 saturated heterocycles. The van der Waals surface area contributed by atoms with Crippen LogP contribution in [0, 0.1) is 0 Å². The molecular weight excluding hydrogens is 243 g/mol. The van der Waals surface area contributed by atoms with Gasteiger partial charge in [0.25, 0.3) is 0 Å². The Morgan fingerprint density at radius 2 is 2.17 bits per heavy atom. The standard InChI is InChI=1S/C8H6BrClO2/c1-4(11)6-2-5(10)3-7(12)8(6)9/h2-3,12H,1H3. The number of rotatable bonds is 1. The smallest absolute Gasteiger partial charge is 0.161 e. The fourth-order valence-electron chi connectivity index (χ4n) is 0.831. The molecule has 12 heavy (non-hydrogen) atoms. The molecule has 0 amide bonds. The Balaban J connectivity index is 3.37. The van der Waals surface area contributed by atoms with Gasteiger partial charge in [0.2, 0.25) is 0 Å².